The molecule has 0 saturated carbocycles. The van der Waals surface area contributed by atoms with Crippen LogP contribution in [0, 0.1) is 14.4 Å². The number of allylic oxidation sites excluding steroid dienone is 4. The summed E-state index contributed by atoms with van der Waals surface area (Å²) in [6, 6.07) is 3.74. The zero-order valence-corrected chi connectivity index (χ0v) is 23.4. The summed E-state index contributed by atoms with van der Waals surface area (Å²) in [5, 5.41) is 0. The van der Waals surface area contributed by atoms with Gasteiger partial charge < -0.3 is 20.1 Å². The van der Waals surface area contributed by atoms with Crippen LogP contribution in [0.3, 0.4) is 0 Å². The monoisotopic (exact) mass is 592 g/mol. The normalized spacial score (nSPS) is 21.6. The molecule has 0 fully saturated rings. The molecule has 1 aromatic carbocycles. The van der Waals surface area contributed by atoms with Crippen molar-refractivity contribution in [2.75, 3.05) is 20.8 Å². The second kappa shape index (κ2) is 8.94. The number of benzene rings is 1. The zero-order chi connectivity index (χ0) is 25.9. The molecule has 8 heteroatoms. The third-order valence-electron chi connectivity index (χ3n) is 7.12. The first-order valence-electron chi connectivity index (χ1n) is 11.8. The van der Waals surface area contributed by atoms with E-state index >= 15 is 0 Å². The lowest BCUT2D eigenvalue weighted by Crippen LogP contribution is -2.43. The number of hydrogen-bond acceptors (Lipinski definition) is 6. The number of ketones is 2. The number of Topliss-reactive ketones (excluding diaryl/α,β-unsaturated/α-hetero) is 2. The summed E-state index contributed by atoms with van der Waals surface area (Å²) in [6.07, 6.45) is 2.40. The molecule has 1 heterocycles. The second-order valence-corrected chi connectivity index (χ2v) is 12.5. The molecule has 0 atom stereocenters. The molecule has 188 valence electrons. The molecule has 7 nitrogen and oxygen atoms in total. The van der Waals surface area contributed by atoms with Gasteiger partial charge in [0.05, 0.1) is 10.7 Å². The number of halogens is 1. The summed E-state index contributed by atoms with van der Waals surface area (Å²) < 4.78 is 11.9. The van der Waals surface area contributed by atoms with Gasteiger partial charge in [0.1, 0.15) is 0 Å². The molecule has 0 aromatic heterocycles. The number of primary amides is 1. The van der Waals surface area contributed by atoms with E-state index in [4.69, 9.17) is 15.2 Å². The minimum absolute atomic E-state index is 0.0836. The molecular formula is C27H33IN2O5. The van der Waals surface area contributed by atoms with Crippen LogP contribution in [0.5, 0.6) is 11.5 Å². The highest BCUT2D eigenvalue weighted by Crippen LogP contribution is 2.54. The zero-order valence-electron chi connectivity index (χ0n) is 21.2. The van der Waals surface area contributed by atoms with Crippen LogP contribution in [-0.4, -0.2) is 43.1 Å². The van der Waals surface area contributed by atoms with E-state index in [9.17, 15) is 14.4 Å². The largest absolute Gasteiger partial charge is 0.493 e. The Morgan fingerprint density at radius 2 is 1.54 bits per heavy atom. The van der Waals surface area contributed by atoms with Gasteiger partial charge in [0, 0.05) is 48.3 Å². The van der Waals surface area contributed by atoms with E-state index in [0.717, 1.165) is 29.8 Å². The number of ether oxygens (including phenoxy) is 2. The predicted molar refractivity (Wildman–Crippen MR) is 141 cm³/mol. The molecule has 4 rings (SSSR count). The Morgan fingerprint density at radius 3 is 2.00 bits per heavy atom. The van der Waals surface area contributed by atoms with E-state index in [1.807, 2.05) is 19.2 Å². The van der Waals surface area contributed by atoms with E-state index in [1.54, 1.807) is 0 Å². The minimum atomic E-state index is -0.585. The van der Waals surface area contributed by atoms with Crippen LogP contribution >= 0.6 is 22.6 Å². The van der Waals surface area contributed by atoms with E-state index in [-0.39, 0.29) is 29.0 Å². The molecular weight excluding hydrogens is 559 g/mol. The van der Waals surface area contributed by atoms with Crippen LogP contribution in [0.1, 0.15) is 64.9 Å². The van der Waals surface area contributed by atoms with Crippen molar-refractivity contribution in [3.05, 3.63) is 43.8 Å². The fourth-order valence-corrected chi connectivity index (χ4v) is 6.47. The standard InChI is InChI=1S/C27H33IN2O5/c1-26(2)9-16-23(18(31)11-26)22(24-17(30(16)5)10-27(3,4)12-19(24)32)14-7-15(28)25(20(8-14)34-6)35-13-21(29)33/h7-8,22H,9-13H2,1-6H3,(H2,29,33). The minimum Gasteiger partial charge on any atom is -0.493 e. The lowest BCUT2D eigenvalue weighted by Gasteiger charge is -2.48. The third kappa shape index (κ3) is 4.73. The third-order valence-corrected chi connectivity index (χ3v) is 7.93. The van der Waals surface area contributed by atoms with Crippen LogP contribution in [0.15, 0.2) is 34.7 Å². The van der Waals surface area contributed by atoms with Gasteiger partial charge in [-0.1, -0.05) is 27.7 Å². The highest BCUT2D eigenvalue weighted by molar-refractivity contribution is 14.1. The maximum absolute atomic E-state index is 13.6. The molecule has 1 aliphatic heterocycles. The van der Waals surface area contributed by atoms with Crippen molar-refractivity contribution in [3.8, 4) is 11.5 Å². The lowest BCUT2D eigenvalue weighted by molar-refractivity contribution is -0.121. The summed E-state index contributed by atoms with van der Waals surface area (Å²) >= 11 is 2.13. The van der Waals surface area contributed by atoms with Gasteiger partial charge in [-0.2, -0.15) is 0 Å². The predicted octanol–water partition coefficient (Wildman–Crippen LogP) is 4.48. The summed E-state index contributed by atoms with van der Waals surface area (Å²) in [4.78, 5) is 40.7. The number of nitrogens with zero attached hydrogens (tertiary/aromatic N) is 1. The fraction of sp³-hybridized carbons (Fsp3) is 0.519. The van der Waals surface area contributed by atoms with Crippen molar-refractivity contribution in [2.24, 2.45) is 16.6 Å². The Balaban J connectivity index is 1.94. The maximum atomic E-state index is 13.6. The Kier molecular flexibility index (Phi) is 6.57. The quantitative estimate of drug-likeness (QED) is 0.507. The van der Waals surface area contributed by atoms with E-state index in [2.05, 4.69) is 55.2 Å². The van der Waals surface area contributed by atoms with Gasteiger partial charge in [-0.25, -0.2) is 0 Å². The van der Waals surface area contributed by atoms with Crippen molar-refractivity contribution in [1.29, 1.82) is 0 Å². The lowest BCUT2D eigenvalue weighted by atomic mass is 9.64. The van der Waals surface area contributed by atoms with E-state index < -0.39 is 11.8 Å². The number of amides is 1. The van der Waals surface area contributed by atoms with Crippen LogP contribution in [0.2, 0.25) is 0 Å². The van der Waals surface area contributed by atoms with Crippen molar-refractivity contribution in [3.63, 3.8) is 0 Å². The van der Waals surface area contributed by atoms with Crippen LogP contribution < -0.4 is 15.2 Å². The number of nitrogens with two attached hydrogens (primary N) is 1. The molecule has 1 amide bonds. The first-order valence-corrected chi connectivity index (χ1v) is 12.9. The second-order valence-electron chi connectivity index (χ2n) is 11.4. The number of hydrogen-bond donors (Lipinski definition) is 1. The fourth-order valence-electron chi connectivity index (χ4n) is 5.69. The molecule has 35 heavy (non-hydrogen) atoms. The number of carbonyl (C=O) groups is 3. The van der Waals surface area contributed by atoms with E-state index in [0.29, 0.717) is 39.1 Å². The molecule has 0 saturated heterocycles. The molecule has 3 aliphatic rings. The van der Waals surface area contributed by atoms with Crippen LogP contribution in [0.4, 0.5) is 0 Å². The van der Waals surface area contributed by atoms with Gasteiger partial charge in [-0.3, -0.25) is 14.4 Å². The van der Waals surface area contributed by atoms with Crippen molar-refractivity contribution >= 4 is 40.1 Å². The first kappa shape index (κ1) is 25.7. The molecule has 0 bridgehead atoms. The molecule has 1 aromatic rings. The Bertz CT molecular complexity index is 1140. The van der Waals surface area contributed by atoms with E-state index in [1.165, 1.54) is 7.11 Å². The van der Waals surface area contributed by atoms with Gasteiger partial charge in [0.15, 0.2) is 29.7 Å². The average Bonchev–Trinajstić information content (AvgIpc) is 2.72. The summed E-state index contributed by atoms with van der Waals surface area (Å²) in [5.41, 5.74) is 9.20. The number of methoxy groups -OCH3 is 1. The summed E-state index contributed by atoms with van der Waals surface area (Å²) in [7, 11) is 3.52. The van der Waals surface area contributed by atoms with Crippen LogP contribution in [-0.2, 0) is 14.4 Å². The summed E-state index contributed by atoms with van der Waals surface area (Å²) in [5.74, 6) is -0.0305. The average molecular weight is 592 g/mol. The Morgan fingerprint density at radius 1 is 1.03 bits per heavy atom. The van der Waals surface area contributed by atoms with Gasteiger partial charge in [-0.15, -0.1) is 0 Å². The Labute approximate surface area is 220 Å². The number of rotatable bonds is 5. The Hall–Kier alpha value is -2.36. The van der Waals surface area contributed by atoms with Crippen LogP contribution in [0.25, 0.3) is 0 Å². The maximum Gasteiger partial charge on any atom is 0.255 e. The molecule has 0 unspecified atom stereocenters. The van der Waals surface area contributed by atoms with Gasteiger partial charge in [-0.05, 0) is 64.0 Å². The molecule has 0 spiro atoms. The molecule has 2 aliphatic carbocycles. The van der Waals surface area contributed by atoms with Crippen molar-refractivity contribution in [2.45, 2.75) is 59.3 Å². The highest BCUT2D eigenvalue weighted by atomic mass is 127. The van der Waals surface area contributed by atoms with Gasteiger partial charge in [0.2, 0.25) is 0 Å². The molecule has 0 radical (unpaired) electrons. The van der Waals surface area contributed by atoms with Gasteiger partial charge in [0.25, 0.3) is 5.91 Å². The smallest absolute Gasteiger partial charge is 0.255 e. The van der Waals surface area contributed by atoms with Gasteiger partial charge >= 0.3 is 0 Å². The summed E-state index contributed by atoms with van der Waals surface area (Å²) in [6.45, 7) is 8.20. The number of carbonyl (C=O) groups excluding carboxylic acids is 3. The first-order chi connectivity index (χ1) is 16.2. The highest BCUT2D eigenvalue weighted by Gasteiger charge is 2.48. The van der Waals surface area contributed by atoms with Crippen molar-refractivity contribution in [1.82, 2.24) is 4.90 Å². The SMILES string of the molecule is COc1cc(C2C3=C(CC(C)(C)CC3=O)N(C)C3=C2C(=O)CC(C)(C)C3)cc(I)c1OCC(N)=O. The van der Waals surface area contributed by atoms with Crippen molar-refractivity contribution < 1.29 is 23.9 Å². The molecule has 2 N–H and O–H groups in total. The topological polar surface area (TPSA) is 98.9 Å².